The number of hydrogen-bond donors (Lipinski definition) is 3. The Kier molecular flexibility index (Phi) is 7.83. The molecular weight excluding hydrogens is 475 g/mol. The Morgan fingerprint density at radius 2 is 1.50 bits per heavy atom. The van der Waals surface area contributed by atoms with E-state index in [9.17, 15) is 14.4 Å². The van der Waals surface area contributed by atoms with Gasteiger partial charge in [0, 0.05) is 16.3 Å². The molecule has 0 bridgehead atoms. The van der Waals surface area contributed by atoms with Gasteiger partial charge in [0.25, 0.3) is 5.91 Å². The van der Waals surface area contributed by atoms with Crippen LogP contribution in [-0.4, -0.2) is 23.9 Å². The number of nitrogens with zero attached hydrogens (tertiary/aromatic N) is 1. The third kappa shape index (κ3) is 6.07. The summed E-state index contributed by atoms with van der Waals surface area (Å²) in [7, 11) is 0. The first-order valence-corrected chi connectivity index (χ1v) is 10.2. The van der Waals surface area contributed by atoms with E-state index in [1.165, 1.54) is 18.3 Å². The summed E-state index contributed by atoms with van der Waals surface area (Å²) in [6.07, 6.45) is 1.26. The molecule has 0 spiro atoms. The molecule has 3 N–H and O–H groups in total. The van der Waals surface area contributed by atoms with Gasteiger partial charge in [0.15, 0.2) is 0 Å². The van der Waals surface area contributed by atoms with Crippen LogP contribution in [0.3, 0.4) is 0 Å². The SMILES string of the molecule is O=C(NN=Cc1cccc(Cl)c1Cl)C(=O)Nc1ccccc1C(=O)Nc1ccc(Cl)cc1. The van der Waals surface area contributed by atoms with E-state index in [0.717, 1.165) is 0 Å². The van der Waals surface area contributed by atoms with Gasteiger partial charge in [-0.2, -0.15) is 5.10 Å². The molecule has 162 valence electrons. The molecule has 0 aliphatic carbocycles. The van der Waals surface area contributed by atoms with Gasteiger partial charge in [-0.15, -0.1) is 0 Å². The largest absolute Gasteiger partial charge is 0.329 e. The van der Waals surface area contributed by atoms with Crippen LogP contribution < -0.4 is 16.1 Å². The van der Waals surface area contributed by atoms with Gasteiger partial charge in [-0.05, 0) is 42.5 Å². The Morgan fingerprint density at radius 1 is 0.781 bits per heavy atom. The summed E-state index contributed by atoms with van der Waals surface area (Å²) in [5, 5.41) is 9.92. The van der Waals surface area contributed by atoms with Crippen LogP contribution in [-0.2, 0) is 9.59 Å². The summed E-state index contributed by atoms with van der Waals surface area (Å²) in [6, 6.07) is 17.7. The fourth-order valence-corrected chi connectivity index (χ4v) is 3.01. The quantitative estimate of drug-likeness (QED) is 0.267. The molecule has 3 aromatic carbocycles. The van der Waals surface area contributed by atoms with Crippen molar-refractivity contribution in [3.8, 4) is 0 Å². The highest BCUT2D eigenvalue weighted by molar-refractivity contribution is 6.43. The number of hydrazone groups is 1. The first-order valence-electron chi connectivity index (χ1n) is 9.09. The van der Waals surface area contributed by atoms with E-state index in [-0.39, 0.29) is 16.3 Å². The van der Waals surface area contributed by atoms with Gasteiger partial charge in [-0.1, -0.05) is 59.1 Å². The smallest absolute Gasteiger partial charge is 0.322 e. The third-order valence-electron chi connectivity index (χ3n) is 4.08. The van der Waals surface area contributed by atoms with Gasteiger partial charge in [0.1, 0.15) is 0 Å². The van der Waals surface area contributed by atoms with Crippen LogP contribution in [0, 0.1) is 0 Å². The lowest BCUT2D eigenvalue weighted by molar-refractivity contribution is -0.136. The highest BCUT2D eigenvalue weighted by Gasteiger charge is 2.18. The number of amides is 3. The van der Waals surface area contributed by atoms with Gasteiger partial charge in [0.05, 0.1) is 27.5 Å². The van der Waals surface area contributed by atoms with Crippen LogP contribution in [0.25, 0.3) is 0 Å². The fourth-order valence-electron chi connectivity index (χ4n) is 2.53. The summed E-state index contributed by atoms with van der Waals surface area (Å²) in [6.45, 7) is 0. The molecule has 0 unspecified atom stereocenters. The van der Waals surface area contributed by atoms with Gasteiger partial charge in [0.2, 0.25) is 0 Å². The number of nitrogens with one attached hydrogen (secondary N) is 3. The van der Waals surface area contributed by atoms with Crippen molar-refractivity contribution in [1.29, 1.82) is 0 Å². The summed E-state index contributed by atoms with van der Waals surface area (Å²) in [5.74, 6) is -2.52. The lowest BCUT2D eigenvalue weighted by Crippen LogP contribution is -2.33. The van der Waals surface area contributed by atoms with Crippen molar-refractivity contribution in [2.75, 3.05) is 10.6 Å². The number of rotatable bonds is 5. The molecule has 0 saturated heterocycles. The van der Waals surface area contributed by atoms with E-state index in [2.05, 4.69) is 21.2 Å². The zero-order chi connectivity index (χ0) is 23.1. The van der Waals surface area contributed by atoms with Crippen LogP contribution in [0.5, 0.6) is 0 Å². The molecule has 32 heavy (non-hydrogen) atoms. The predicted molar refractivity (Wildman–Crippen MR) is 127 cm³/mol. The van der Waals surface area contributed by atoms with Gasteiger partial charge < -0.3 is 10.6 Å². The van der Waals surface area contributed by atoms with Crippen molar-refractivity contribution in [3.63, 3.8) is 0 Å². The number of benzene rings is 3. The minimum absolute atomic E-state index is 0.154. The molecular formula is C22H15Cl3N4O3. The van der Waals surface area contributed by atoms with E-state index in [4.69, 9.17) is 34.8 Å². The van der Waals surface area contributed by atoms with Gasteiger partial charge in [-0.25, -0.2) is 5.43 Å². The molecule has 0 atom stereocenters. The first kappa shape index (κ1) is 23.3. The third-order valence-corrected chi connectivity index (χ3v) is 5.16. The van der Waals surface area contributed by atoms with Crippen molar-refractivity contribution < 1.29 is 14.4 Å². The number of halogens is 3. The summed E-state index contributed by atoms with van der Waals surface area (Å²) >= 11 is 17.8. The molecule has 0 fully saturated rings. The van der Waals surface area contributed by atoms with Crippen LogP contribution in [0.4, 0.5) is 11.4 Å². The number of anilines is 2. The molecule has 0 aliphatic heterocycles. The van der Waals surface area contributed by atoms with Crippen LogP contribution in [0.1, 0.15) is 15.9 Å². The second-order valence-corrected chi connectivity index (χ2v) is 7.52. The van der Waals surface area contributed by atoms with Gasteiger partial charge in [-0.3, -0.25) is 14.4 Å². The van der Waals surface area contributed by atoms with Crippen LogP contribution >= 0.6 is 34.8 Å². The Bertz CT molecular complexity index is 1200. The number of hydrogen-bond acceptors (Lipinski definition) is 4. The highest BCUT2D eigenvalue weighted by Crippen LogP contribution is 2.24. The second kappa shape index (κ2) is 10.8. The Balaban J connectivity index is 1.65. The van der Waals surface area contributed by atoms with Crippen molar-refractivity contribution in [1.82, 2.24) is 5.43 Å². The molecule has 0 aliphatic rings. The maximum atomic E-state index is 12.6. The summed E-state index contributed by atoms with van der Waals surface area (Å²) in [4.78, 5) is 37.0. The number of carbonyl (C=O) groups excluding carboxylic acids is 3. The van der Waals surface area contributed by atoms with E-state index < -0.39 is 17.7 Å². The highest BCUT2D eigenvalue weighted by atomic mass is 35.5. The Hall–Kier alpha value is -3.39. The van der Waals surface area contributed by atoms with Crippen molar-refractivity contribution in [2.24, 2.45) is 5.10 Å². The number of carbonyl (C=O) groups is 3. The molecule has 10 heteroatoms. The van der Waals surface area contributed by atoms with Crippen LogP contribution in [0.15, 0.2) is 71.8 Å². The summed E-state index contributed by atoms with van der Waals surface area (Å²) < 4.78 is 0. The average Bonchev–Trinajstić information content (AvgIpc) is 2.78. The molecule has 0 heterocycles. The predicted octanol–water partition coefficient (Wildman–Crippen LogP) is 4.99. The Morgan fingerprint density at radius 3 is 2.25 bits per heavy atom. The van der Waals surface area contributed by atoms with E-state index in [1.807, 2.05) is 0 Å². The van der Waals surface area contributed by atoms with E-state index >= 15 is 0 Å². The molecule has 3 aromatic rings. The fraction of sp³-hybridized carbons (Fsp3) is 0. The lowest BCUT2D eigenvalue weighted by atomic mass is 10.1. The lowest BCUT2D eigenvalue weighted by Gasteiger charge is -2.11. The van der Waals surface area contributed by atoms with E-state index in [0.29, 0.717) is 21.3 Å². The minimum Gasteiger partial charge on any atom is -0.322 e. The molecule has 0 radical (unpaired) electrons. The molecule has 3 amide bonds. The molecule has 7 nitrogen and oxygen atoms in total. The standard InChI is InChI=1S/C22H15Cl3N4O3/c23-14-8-10-15(11-9-14)27-20(30)16-5-1-2-7-18(16)28-21(31)22(32)29-26-12-13-4-3-6-17(24)19(13)25/h1-12H,(H,27,30)(H,28,31)(H,29,32). The maximum absolute atomic E-state index is 12.6. The molecule has 0 saturated carbocycles. The number of para-hydroxylation sites is 1. The monoisotopic (exact) mass is 488 g/mol. The van der Waals surface area contributed by atoms with Crippen LogP contribution in [0.2, 0.25) is 15.1 Å². The van der Waals surface area contributed by atoms with Gasteiger partial charge >= 0.3 is 11.8 Å². The van der Waals surface area contributed by atoms with Crippen molar-refractivity contribution in [3.05, 3.63) is 92.9 Å². The normalized spacial score (nSPS) is 10.6. The zero-order valence-electron chi connectivity index (χ0n) is 16.2. The Labute approximate surface area is 198 Å². The first-order chi connectivity index (χ1) is 15.3. The topological polar surface area (TPSA) is 99.7 Å². The van der Waals surface area contributed by atoms with Crippen molar-refractivity contribution in [2.45, 2.75) is 0 Å². The average molecular weight is 490 g/mol. The molecule has 0 aromatic heterocycles. The zero-order valence-corrected chi connectivity index (χ0v) is 18.5. The van der Waals surface area contributed by atoms with Crippen molar-refractivity contribution >= 4 is 70.1 Å². The molecule has 3 rings (SSSR count). The second-order valence-electron chi connectivity index (χ2n) is 6.30. The van der Waals surface area contributed by atoms with E-state index in [1.54, 1.807) is 54.6 Å². The maximum Gasteiger partial charge on any atom is 0.329 e. The summed E-state index contributed by atoms with van der Waals surface area (Å²) in [5.41, 5.74) is 3.40. The minimum atomic E-state index is -1.03.